The van der Waals surface area contributed by atoms with E-state index in [-0.39, 0.29) is 12.4 Å². The molecule has 2 aliphatic heterocycles. The molecule has 0 spiro atoms. The zero-order valence-electron chi connectivity index (χ0n) is 9.78. The van der Waals surface area contributed by atoms with Gasteiger partial charge in [-0.15, -0.1) is 12.4 Å². The van der Waals surface area contributed by atoms with Crippen LogP contribution in [-0.2, 0) is 4.79 Å². The van der Waals surface area contributed by atoms with Crippen molar-refractivity contribution >= 4 is 30.1 Å². The van der Waals surface area contributed by atoms with Crippen molar-refractivity contribution in [3.8, 4) is 0 Å². The molecule has 2 atom stereocenters. The molecule has 2 fully saturated rings. The van der Waals surface area contributed by atoms with Gasteiger partial charge in [-0.05, 0) is 24.0 Å². The molecule has 0 saturated carbocycles. The second-order valence-electron chi connectivity index (χ2n) is 4.53. The Balaban J connectivity index is 0.00000128. The van der Waals surface area contributed by atoms with Crippen molar-refractivity contribution in [3.05, 3.63) is 0 Å². The molecule has 0 aromatic heterocycles. The van der Waals surface area contributed by atoms with Crippen LogP contribution in [0, 0.1) is 11.8 Å². The van der Waals surface area contributed by atoms with E-state index in [0.717, 1.165) is 50.2 Å². The summed E-state index contributed by atoms with van der Waals surface area (Å²) in [5.41, 5.74) is 0. The molecule has 1 amide bonds. The first-order chi connectivity index (χ1) is 7.31. The Morgan fingerprint density at radius 2 is 2.00 bits per heavy atom. The Bertz CT molecular complexity index is 228. The Morgan fingerprint density at radius 1 is 1.38 bits per heavy atom. The number of amides is 1. The number of hydrogen-bond donors (Lipinski definition) is 1. The smallest absolute Gasteiger partial charge is 0.232 e. The van der Waals surface area contributed by atoms with E-state index in [2.05, 4.69) is 17.1 Å². The fraction of sp³-hybridized carbons (Fsp3) is 0.909. The molecule has 2 rings (SSSR count). The molecular formula is C11H21ClN2OS. The van der Waals surface area contributed by atoms with Crippen LogP contribution in [0.3, 0.4) is 0 Å². The zero-order chi connectivity index (χ0) is 10.7. The molecule has 0 unspecified atom stereocenters. The molecule has 0 aromatic carbocycles. The van der Waals surface area contributed by atoms with Gasteiger partial charge >= 0.3 is 0 Å². The number of rotatable bonds is 4. The highest BCUT2D eigenvalue weighted by atomic mass is 35.5. The van der Waals surface area contributed by atoms with Gasteiger partial charge in [0.25, 0.3) is 0 Å². The SMILES string of the molecule is CCCSCC(=O)N1C[C@H]2CNC[C@H]2C1.Cl. The Kier molecular flexibility index (Phi) is 5.94. The number of fused-ring (bicyclic) bond motifs is 1. The van der Waals surface area contributed by atoms with Crippen LogP contribution < -0.4 is 5.32 Å². The first-order valence-corrected chi connectivity index (χ1v) is 7.03. The molecule has 0 bridgehead atoms. The molecule has 3 nitrogen and oxygen atoms in total. The van der Waals surface area contributed by atoms with Crippen LogP contribution in [0.15, 0.2) is 0 Å². The van der Waals surface area contributed by atoms with Crippen molar-refractivity contribution < 1.29 is 4.79 Å². The Labute approximate surface area is 108 Å². The van der Waals surface area contributed by atoms with E-state index in [1.807, 2.05) is 0 Å². The van der Waals surface area contributed by atoms with Gasteiger partial charge in [0.2, 0.25) is 5.91 Å². The van der Waals surface area contributed by atoms with Crippen molar-refractivity contribution in [2.75, 3.05) is 37.7 Å². The summed E-state index contributed by atoms with van der Waals surface area (Å²) in [5, 5.41) is 3.39. The molecular weight excluding hydrogens is 244 g/mol. The number of hydrogen-bond acceptors (Lipinski definition) is 3. The summed E-state index contributed by atoms with van der Waals surface area (Å²) in [7, 11) is 0. The van der Waals surface area contributed by atoms with Crippen LogP contribution in [0.5, 0.6) is 0 Å². The third kappa shape index (κ3) is 3.28. The minimum atomic E-state index is 0. The molecule has 2 heterocycles. The lowest BCUT2D eigenvalue weighted by Gasteiger charge is -2.17. The normalized spacial score (nSPS) is 27.7. The summed E-state index contributed by atoms with van der Waals surface area (Å²) in [6.45, 7) is 6.35. The summed E-state index contributed by atoms with van der Waals surface area (Å²) < 4.78 is 0. The van der Waals surface area contributed by atoms with E-state index in [0.29, 0.717) is 11.7 Å². The predicted octanol–water partition coefficient (Wildman–Crippen LogP) is 1.23. The van der Waals surface area contributed by atoms with Crippen LogP contribution in [0.4, 0.5) is 0 Å². The molecule has 0 aliphatic carbocycles. The fourth-order valence-electron chi connectivity index (χ4n) is 2.45. The largest absolute Gasteiger partial charge is 0.341 e. The molecule has 5 heteroatoms. The molecule has 0 radical (unpaired) electrons. The fourth-order valence-corrected chi connectivity index (χ4v) is 3.24. The number of carbonyl (C=O) groups is 1. The first-order valence-electron chi connectivity index (χ1n) is 5.87. The van der Waals surface area contributed by atoms with Gasteiger partial charge in [-0.3, -0.25) is 4.79 Å². The van der Waals surface area contributed by atoms with Gasteiger partial charge < -0.3 is 10.2 Å². The topological polar surface area (TPSA) is 32.3 Å². The minimum Gasteiger partial charge on any atom is -0.341 e. The van der Waals surface area contributed by atoms with Crippen molar-refractivity contribution in [1.29, 1.82) is 0 Å². The molecule has 0 aromatic rings. The van der Waals surface area contributed by atoms with Crippen LogP contribution in [0.2, 0.25) is 0 Å². The highest BCUT2D eigenvalue weighted by Gasteiger charge is 2.37. The number of nitrogens with zero attached hydrogens (tertiary/aromatic N) is 1. The highest BCUT2D eigenvalue weighted by Crippen LogP contribution is 2.26. The summed E-state index contributed by atoms with van der Waals surface area (Å²) >= 11 is 1.77. The molecule has 2 aliphatic rings. The van der Waals surface area contributed by atoms with Crippen molar-refractivity contribution in [2.24, 2.45) is 11.8 Å². The summed E-state index contributed by atoms with van der Waals surface area (Å²) in [6, 6.07) is 0. The Morgan fingerprint density at radius 3 is 2.56 bits per heavy atom. The van der Waals surface area contributed by atoms with Crippen molar-refractivity contribution in [2.45, 2.75) is 13.3 Å². The van der Waals surface area contributed by atoms with E-state index in [4.69, 9.17) is 0 Å². The number of likely N-dealkylation sites (tertiary alicyclic amines) is 1. The maximum Gasteiger partial charge on any atom is 0.232 e. The average molecular weight is 265 g/mol. The van der Waals surface area contributed by atoms with Crippen molar-refractivity contribution in [3.63, 3.8) is 0 Å². The zero-order valence-corrected chi connectivity index (χ0v) is 11.4. The minimum absolute atomic E-state index is 0. The third-order valence-corrected chi connectivity index (χ3v) is 4.46. The molecule has 16 heavy (non-hydrogen) atoms. The van der Waals surface area contributed by atoms with Gasteiger partial charge in [0.15, 0.2) is 0 Å². The number of carbonyl (C=O) groups excluding carboxylic acids is 1. The number of nitrogens with one attached hydrogen (secondary N) is 1. The van der Waals surface area contributed by atoms with Gasteiger partial charge in [-0.1, -0.05) is 6.92 Å². The Hall–Kier alpha value is 0.0700. The molecule has 2 saturated heterocycles. The standard InChI is InChI=1S/C11H20N2OS.ClH/c1-2-3-15-8-11(14)13-6-9-4-12-5-10(9)7-13;/h9-10,12H,2-8H2,1H3;1H/t9-,10+;. The number of halogens is 1. The monoisotopic (exact) mass is 264 g/mol. The lowest BCUT2D eigenvalue weighted by atomic mass is 10.0. The van der Waals surface area contributed by atoms with Gasteiger partial charge in [0.05, 0.1) is 5.75 Å². The van der Waals surface area contributed by atoms with Gasteiger partial charge in [-0.2, -0.15) is 11.8 Å². The second kappa shape index (κ2) is 6.72. The molecule has 94 valence electrons. The lowest BCUT2D eigenvalue weighted by molar-refractivity contribution is -0.127. The molecule has 1 N–H and O–H groups in total. The van der Waals surface area contributed by atoms with E-state index in [9.17, 15) is 4.79 Å². The average Bonchev–Trinajstić information content (AvgIpc) is 2.76. The van der Waals surface area contributed by atoms with Crippen LogP contribution in [0.25, 0.3) is 0 Å². The van der Waals surface area contributed by atoms with Crippen LogP contribution in [0.1, 0.15) is 13.3 Å². The predicted molar refractivity (Wildman–Crippen MR) is 71.3 cm³/mol. The summed E-state index contributed by atoms with van der Waals surface area (Å²) in [4.78, 5) is 13.9. The van der Waals surface area contributed by atoms with E-state index in [1.165, 1.54) is 0 Å². The van der Waals surface area contributed by atoms with E-state index in [1.54, 1.807) is 11.8 Å². The quantitative estimate of drug-likeness (QED) is 0.776. The summed E-state index contributed by atoms with van der Waals surface area (Å²) in [6.07, 6.45) is 1.16. The summed E-state index contributed by atoms with van der Waals surface area (Å²) in [5.74, 6) is 3.59. The van der Waals surface area contributed by atoms with E-state index < -0.39 is 0 Å². The first kappa shape index (κ1) is 14.1. The van der Waals surface area contributed by atoms with Crippen molar-refractivity contribution in [1.82, 2.24) is 10.2 Å². The highest BCUT2D eigenvalue weighted by molar-refractivity contribution is 7.99. The third-order valence-electron chi connectivity index (χ3n) is 3.32. The number of thioether (sulfide) groups is 1. The van der Waals surface area contributed by atoms with Gasteiger partial charge in [0.1, 0.15) is 0 Å². The maximum absolute atomic E-state index is 11.8. The van der Waals surface area contributed by atoms with E-state index >= 15 is 0 Å². The lowest BCUT2D eigenvalue weighted by Crippen LogP contribution is -2.33. The van der Waals surface area contributed by atoms with Crippen LogP contribution in [-0.4, -0.2) is 48.5 Å². The van der Waals surface area contributed by atoms with Crippen LogP contribution >= 0.6 is 24.2 Å². The second-order valence-corrected chi connectivity index (χ2v) is 5.63. The van der Waals surface area contributed by atoms with Gasteiger partial charge in [0, 0.05) is 26.2 Å². The maximum atomic E-state index is 11.8. The van der Waals surface area contributed by atoms with Gasteiger partial charge in [-0.25, -0.2) is 0 Å².